The fourth-order valence-electron chi connectivity index (χ4n) is 2.96. The summed E-state index contributed by atoms with van der Waals surface area (Å²) in [6, 6.07) is 22.6. The number of nitrogens with one attached hydrogen (secondary N) is 3. The largest absolute Gasteiger partial charge is 0.332 e. The van der Waals surface area contributed by atoms with Crippen molar-refractivity contribution in [2.24, 2.45) is 0 Å². The first-order valence-electron chi connectivity index (χ1n) is 10.4. The molecule has 0 spiro atoms. The van der Waals surface area contributed by atoms with E-state index in [0.29, 0.717) is 29.8 Å². The van der Waals surface area contributed by atoms with Gasteiger partial charge in [-0.3, -0.25) is 25.0 Å². The Bertz CT molecular complexity index is 1190. The Labute approximate surface area is 201 Å². The number of non-ortho nitro benzene ring substituents is 1. The molecule has 2 amide bonds. The second-order valence-electron chi connectivity index (χ2n) is 7.24. The van der Waals surface area contributed by atoms with Crippen LogP contribution >= 0.6 is 12.2 Å². The second-order valence-corrected chi connectivity index (χ2v) is 7.64. The highest BCUT2D eigenvalue weighted by molar-refractivity contribution is 7.80. The van der Waals surface area contributed by atoms with Gasteiger partial charge in [0.2, 0.25) is 11.8 Å². The number of rotatable bonds is 8. The summed E-state index contributed by atoms with van der Waals surface area (Å²) in [4.78, 5) is 34.4. The standard InChI is InChI=1S/C25H22N4O4S/c30-23(16-8-18-4-2-1-3-5-18)26-20-10-12-21(13-11-20)27-25(34)28-24(31)17-9-19-6-14-22(15-7-19)29(32)33/h1-7,9-15,17H,8,16H2,(H,26,30)(H2,27,28,31,34)/b17-9+. The van der Waals surface area contributed by atoms with Crippen molar-refractivity contribution >= 4 is 52.3 Å². The van der Waals surface area contributed by atoms with Crippen molar-refractivity contribution in [2.45, 2.75) is 12.8 Å². The molecule has 0 aliphatic rings. The van der Waals surface area contributed by atoms with Gasteiger partial charge >= 0.3 is 0 Å². The maximum Gasteiger partial charge on any atom is 0.269 e. The van der Waals surface area contributed by atoms with E-state index in [9.17, 15) is 19.7 Å². The molecule has 0 aliphatic heterocycles. The van der Waals surface area contributed by atoms with Crippen LogP contribution in [0.3, 0.4) is 0 Å². The minimum atomic E-state index is -0.489. The SMILES string of the molecule is O=C(/C=C/c1ccc([N+](=O)[O-])cc1)NC(=S)Nc1ccc(NC(=O)CCc2ccccc2)cc1. The first-order valence-corrected chi connectivity index (χ1v) is 10.8. The molecular formula is C25H22N4O4S. The lowest BCUT2D eigenvalue weighted by Gasteiger charge is -2.10. The zero-order chi connectivity index (χ0) is 24.3. The number of carbonyl (C=O) groups excluding carboxylic acids is 2. The molecule has 0 bridgehead atoms. The number of nitro benzene ring substituents is 1. The van der Waals surface area contributed by atoms with Crippen LogP contribution in [0.25, 0.3) is 6.08 Å². The molecule has 0 saturated carbocycles. The third kappa shape index (κ3) is 7.95. The van der Waals surface area contributed by atoms with Crippen molar-refractivity contribution in [3.05, 3.63) is 106 Å². The Morgan fingerprint density at radius 2 is 1.50 bits per heavy atom. The highest BCUT2D eigenvalue weighted by atomic mass is 32.1. The smallest absolute Gasteiger partial charge is 0.269 e. The molecule has 8 nitrogen and oxygen atoms in total. The number of carbonyl (C=O) groups is 2. The highest BCUT2D eigenvalue weighted by Crippen LogP contribution is 2.15. The highest BCUT2D eigenvalue weighted by Gasteiger charge is 2.06. The maximum atomic E-state index is 12.1. The van der Waals surface area contributed by atoms with E-state index in [-0.39, 0.29) is 16.7 Å². The van der Waals surface area contributed by atoms with Crippen molar-refractivity contribution in [3.63, 3.8) is 0 Å². The number of anilines is 2. The van der Waals surface area contributed by atoms with Gasteiger partial charge in [-0.15, -0.1) is 0 Å². The number of benzene rings is 3. The Hall–Kier alpha value is -4.37. The molecule has 0 aliphatic carbocycles. The Balaban J connectivity index is 1.43. The third-order valence-corrected chi connectivity index (χ3v) is 4.88. The fourth-order valence-corrected chi connectivity index (χ4v) is 3.18. The predicted octanol–water partition coefficient (Wildman–Crippen LogP) is 4.69. The molecule has 172 valence electrons. The maximum absolute atomic E-state index is 12.1. The van der Waals surface area contributed by atoms with Crippen molar-refractivity contribution in [1.29, 1.82) is 0 Å². The summed E-state index contributed by atoms with van der Waals surface area (Å²) in [5, 5.41) is 19.1. The van der Waals surface area contributed by atoms with Gasteiger partial charge in [-0.25, -0.2) is 0 Å². The predicted molar refractivity (Wildman–Crippen MR) is 136 cm³/mol. The average Bonchev–Trinajstić information content (AvgIpc) is 2.83. The summed E-state index contributed by atoms with van der Waals surface area (Å²) >= 11 is 5.15. The van der Waals surface area contributed by atoms with Crippen LogP contribution in [0.5, 0.6) is 0 Å². The number of thiocarbonyl (C=S) groups is 1. The number of aryl methyl sites for hydroxylation is 1. The fraction of sp³-hybridized carbons (Fsp3) is 0.0800. The molecule has 3 aromatic carbocycles. The van der Waals surface area contributed by atoms with Gasteiger partial charge in [0.05, 0.1) is 4.92 Å². The lowest BCUT2D eigenvalue weighted by Crippen LogP contribution is -2.32. The van der Waals surface area contributed by atoms with Crippen molar-refractivity contribution in [1.82, 2.24) is 5.32 Å². The molecule has 3 rings (SSSR count). The molecule has 0 heterocycles. The molecule has 0 atom stereocenters. The molecule has 3 aromatic rings. The Kier molecular flexibility index (Phi) is 8.59. The number of hydrogen-bond donors (Lipinski definition) is 3. The minimum absolute atomic E-state index is 0.0234. The van der Waals surface area contributed by atoms with Gasteiger partial charge in [0.1, 0.15) is 0 Å². The van der Waals surface area contributed by atoms with Gasteiger partial charge in [-0.2, -0.15) is 0 Å². The lowest BCUT2D eigenvalue weighted by atomic mass is 10.1. The monoisotopic (exact) mass is 474 g/mol. The van der Waals surface area contributed by atoms with E-state index in [0.717, 1.165) is 5.56 Å². The van der Waals surface area contributed by atoms with Gasteiger partial charge in [-0.05, 0) is 72.2 Å². The zero-order valence-corrected chi connectivity index (χ0v) is 18.9. The summed E-state index contributed by atoms with van der Waals surface area (Å²) in [5.74, 6) is -0.523. The van der Waals surface area contributed by atoms with E-state index in [2.05, 4.69) is 16.0 Å². The van der Waals surface area contributed by atoms with E-state index < -0.39 is 10.8 Å². The van der Waals surface area contributed by atoms with E-state index in [1.54, 1.807) is 36.4 Å². The molecule has 0 fully saturated rings. The summed E-state index contributed by atoms with van der Waals surface area (Å²) in [5.41, 5.74) is 3.03. The lowest BCUT2D eigenvalue weighted by molar-refractivity contribution is -0.384. The van der Waals surface area contributed by atoms with E-state index >= 15 is 0 Å². The van der Waals surface area contributed by atoms with Crippen LogP contribution in [0.2, 0.25) is 0 Å². The summed E-state index contributed by atoms with van der Waals surface area (Å²) in [6.45, 7) is 0. The Morgan fingerprint density at radius 3 is 2.12 bits per heavy atom. The quantitative estimate of drug-likeness (QED) is 0.189. The van der Waals surface area contributed by atoms with Gasteiger partial charge in [0.25, 0.3) is 5.69 Å². The third-order valence-electron chi connectivity index (χ3n) is 4.68. The second kappa shape index (κ2) is 12.0. The summed E-state index contributed by atoms with van der Waals surface area (Å²) < 4.78 is 0. The summed E-state index contributed by atoms with van der Waals surface area (Å²) in [6.07, 6.45) is 3.85. The van der Waals surface area contributed by atoms with Crippen LogP contribution in [-0.4, -0.2) is 21.9 Å². The molecular weight excluding hydrogens is 452 g/mol. The van der Waals surface area contributed by atoms with Crippen LogP contribution in [-0.2, 0) is 16.0 Å². The Morgan fingerprint density at radius 1 is 0.882 bits per heavy atom. The van der Waals surface area contributed by atoms with E-state index in [1.807, 2.05) is 30.3 Å². The van der Waals surface area contributed by atoms with Crippen LogP contribution in [0.1, 0.15) is 17.5 Å². The first kappa shape index (κ1) is 24.3. The average molecular weight is 475 g/mol. The molecule has 3 N–H and O–H groups in total. The zero-order valence-electron chi connectivity index (χ0n) is 18.1. The normalized spacial score (nSPS) is 10.5. The molecule has 34 heavy (non-hydrogen) atoms. The first-order chi connectivity index (χ1) is 16.4. The van der Waals surface area contributed by atoms with Gasteiger partial charge in [0, 0.05) is 36.0 Å². The van der Waals surface area contributed by atoms with Gasteiger partial charge in [0.15, 0.2) is 5.11 Å². The molecule has 0 unspecified atom stereocenters. The van der Waals surface area contributed by atoms with E-state index in [4.69, 9.17) is 12.2 Å². The molecule has 9 heteroatoms. The van der Waals surface area contributed by atoms with Gasteiger partial charge < -0.3 is 10.6 Å². The van der Waals surface area contributed by atoms with Crippen LogP contribution in [0.4, 0.5) is 17.1 Å². The van der Waals surface area contributed by atoms with Gasteiger partial charge in [-0.1, -0.05) is 30.3 Å². The van der Waals surface area contributed by atoms with Crippen molar-refractivity contribution in [2.75, 3.05) is 10.6 Å². The minimum Gasteiger partial charge on any atom is -0.332 e. The number of nitro groups is 1. The topological polar surface area (TPSA) is 113 Å². The molecule has 0 radical (unpaired) electrons. The number of hydrogen-bond acceptors (Lipinski definition) is 5. The number of nitrogens with zero attached hydrogens (tertiary/aromatic N) is 1. The van der Waals surface area contributed by atoms with Crippen molar-refractivity contribution < 1.29 is 14.5 Å². The van der Waals surface area contributed by atoms with Crippen LogP contribution in [0.15, 0.2) is 84.9 Å². The molecule has 0 saturated heterocycles. The van der Waals surface area contributed by atoms with Crippen molar-refractivity contribution in [3.8, 4) is 0 Å². The van der Waals surface area contributed by atoms with Crippen LogP contribution in [0, 0.1) is 10.1 Å². The molecule has 0 aromatic heterocycles. The number of amides is 2. The summed E-state index contributed by atoms with van der Waals surface area (Å²) in [7, 11) is 0. The van der Waals surface area contributed by atoms with Crippen LogP contribution < -0.4 is 16.0 Å². The van der Waals surface area contributed by atoms with E-state index in [1.165, 1.54) is 24.3 Å².